The van der Waals surface area contributed by atoms with E-state index in [4.69, 9.17) is 11.6 Å². The first-order valence-electron chi connectivity index (χ1n) is 11.5. The van der Waals surface area contributed by atoms with Crippen molar-refractivity contribution in [3.63, 3.8) is 0 Å². The third kappa shape index (κ3) is 32.4. The van der Waals surface area contributed by atoms with Gasteiger partial charge >= 0.3 is 0 Å². The van der Waals surface area contributed by atoms with Gasteiger partial charge in [-0.15, -0.1) is 11.6 Å². The van der Waals surface area contributed by atoms with Crippen LogP contribution in [0.25, 0.3) is 0 Å². The lowest BCUT2D eigenvalue weighted by molar-refractivity contribution is 0.389. The molecule has 0 fully saturated rings. The topological polar surface area (TPSA) is 3.24 Å². The average Bonchev–Trinajstić information content (AvgIpc) is 2.62. The Morgan fingerprint density at radius 3 is 1.15 bits per heavy atom. The van der Waals surface area contributed by atoms with E-state index in [0.29, 0.717) is 0 Å². The molecular formula is C23H49BrClN. The van der Waals surface area contributed by atoms with Gasteiger partial charge in [-0.2, -0.15) is 0 Å². The number of alkyl halides is 2. The van der Waals surface area contributed by atoms with E-state index < -0.39 is 0 Å². The molecule has 160 valence electrons. The van der Waals surface area contributed by atoms with Crippen LogP contribution in [0.2, 0.25) is 0 Å². The molecule has 0 aliphatic carbocycles. The maximum atomic E-state index is 5.27. The molecule has 0 atom stereocenters. The van der Waals surface area contributed by atoms with E-state index in [0.717, 1.165) is 17.6 Å². The fourth-order valence-electron chi connectivity index (χ4n) is 3.03. The van der Waals surface area contributed by atoms with Crippen LogP contribution in [-0.4, -0.2) is 36.8 Å². The van der Waals surface area contributed by atoms with E-state index in [2.05, 4.69) is 41.8 Å². The van der Waals surface area contributed by atoms with Crippen LogP contribution in [0.1, 0.15) is 116 Å². The maximum absolute atomic E-state index is 5.27. The van der Waals surface area contributed by atoms with Crippen molar-refractivity contribution in [2.75, 3.05) is 31.9 Å². The van der Waals surface area contributed by atoms with Crippen LogP contribution in [0.3, 0.4) is 0 Å². The summed E-state index contributed by atoms with van der Waals surface area (Å²) in [5.74, 6) is 0.769. The van der Waals surface area contributed by atoms with Crippen molar-refractivity contribution in [1.82, 2.24) is 4.90 Å². The Balaban J connectivity index is 0. The molecule has 26 heavy (non-hydrogen) atoms. The Kier molecular flexibility index (Phi) is 31.1. The van der Waals surface area contributed by atoms with Crippen molar-refractivity contribution >= 4 is 27.5 Å². The summed E-state index contributed by atoms with van der Waals surface area (Å²) >= 11 is 8.50. The summed E-state index contributed by atoms with van der Waals surface area (Å²) in [5.41, 5.74) is 0. The third-order valence-electron chi connectivity index (χ3n) is 4.73. The number of unbranched alkanes of at least 4 members (excludes halogenated alkanes) is 15. The predicted molar refractivity (Wildman–Crippen MR) is 127 cm³/mol. The Morgan fingerprint density at radius 2 is 0.923 bits per heavy atom. The first-order valence-corrected chi connectivity index (χ1v) is 13.1. The summed E-state index contributed by atoms with van der Waals surface area (Å²) in [7, 11) is 4.34. The third-order valence-corrected chi connectivity index (χ3v) is 5.55. The number of hydrogen-bond donors (Lipinski definition) is 0. The molecule has 0 aromatic rings. The molecule has 0 spiro atoms. The lowest BCUT2D eigenvalue weighted by Crippen LogP contribution is -2.12. The highest BCUT2D eigenvalue weighted by Gasteiger charge is 1.95. The molecule has 0 saturated carbocycles. The molecule has 0 aliphatic heterocycles. The van der Waals surface area contributed by atoms with Crippen molar-refractivity contribution in [2.24, 2.45) is 0 Å². The van der Waals surface area contributed by atoms with Crippen molar-refractivity contribution in [2.45, 2.75) is 116 Å². The van der Waals surface area contributed by atoms with E-state index in [1.165, 1.54) is 109 Å². The van der Waals surface area contributed by atoms with Gasteiger partial charge in [0.15, 0.2) is 0 Å². The molecular weight excluding hydrogens is 406 g/mol. The average molecular weight is 455 g/mol. The normalized spacial score (nSPS) is 10.8. The van der Waals surface area contributed by atoms with Crippen molar-refractivity contribution < 1.29 is 0 Å². The van der Waals surface area contributed by atoms with Crippen LogP contribution in [0.4, 0.5) is 0 Å². The maximum Gasteiger partial charge on any atom is 0.0231 e. The lowest BCUT2D eigenvalue weighted by atomic mass is 10.0. The van der Waals surface area contributed by atoms with Crippen molar-refractivity contribution in [3.8, 4) is 0 Å². The van der Waals surface area contributed by atoms with Crippen LogP contribution in [-0.2, 0) is 0 Å². The minimum atomic E-state index is 0.769. The first kappa shape index (κ1) is 28.9. The van der Waals surface area contributed by atoms with Gasteiger partial charge in [0.25, 0.3) is 0 Å². The highest BCUT2D eigenvalue weighted by atomic mass is 79.9. The Labute approximate surface area is 180 Å². The van der Waals surface area contributed by atoms with Gasteiger partial charge in [0, 0.05) is 11.2 Å². The molecule has 0 heterocycles. The first-order chi connectivity index (χ1) is 12.7. The molecule has 0 saturated heterocycles. The SMILES string of the molecule is CCCCCCCCCCCCCCCCCCN(C)C.ClCCCBr. The fourth-order valence-corrected chi connectivity index (χ4v) is 3.76. The zero-order chi connectivity index (χ0) is 19.7. The molecule has 0 N–H and O–H groups in total. The van der Waals surface area contributed by atoms with E-state index in [9.17, 15) is 0 Å². The fraction of sp³-hybridized carbons (Fsp3) is 1.00. The zero-order valence-corrected chi connectivity index (χ0v) is 20.7. The second-order valence-electron chi connectivity index (χ2n) is 7.84. The standard InChI is InChI=1S/C20H43N.C3H6BrCl/c1-4-5-6-7-8-9-10-11-12-13-14-15-16-17-18-19-20-21(2)3;4-2-1-3-5/h4-20H2,1-3H3;1-3H2. The van der Waals surface area contributed by atoms with Crippen LogP contribution >= 0.6 is 27.5 Å². The van der Waals surface area contributed by atoms with E-state index in [1.54, 1.807) is 0 Å². The molecule has 0 radical (unpaired) electrons. The molecule has 0 aliphatic rings. The summed E-state index contributed by atoms with van der Waals surface area (Å²) < 4.78 is 0. The molecule has 0 bridgehead atoms. The Bertz CT molecular complexity index is 222. The predicted octanol–water partition coefficient (Wildman–Crippen LogP) is 8.82. The minimum Gasteiger partial charge on any atom is -0.309 e. The summed E-state index contributed by atoms with van der Waals surface area (Å²) in [6, 6.07) is 0. The van der Waals surface area contributed by atoms with E-state index in [1.807, 2.05) is 0 Å². The highest BCUT2D eigenvalue weighted by Crippen LogP contribution is 2.13. The Hall–Kier alpha value is 0.730. The minimum absolute atomic E-state index is 0.769. The second-order valence-corrected chi connectivity index (χ2v) is 9.01. The van der Waals surface area contributed by atoms with Gasteiger partial charge in [-0.25, -0.2) is 0 Å². The highest BCUT2D eigenvalue weighted by molar-refractivity contribution is 9.09. The van der Waals surface area contributed by atoms with Gasteiger partial charge in [-0.3, -0.25) is 0 Å². The summed E-state index contributed by atoms with van der Waals surface area (Å²) in [5, 5.41) is 1.02. The molecule has 0 rings (SSSR count). The molecule has 1 nitrogen and oxygen atoms in total. The van der Waals surface area contributed by atoms with Gasteiger partial charge in [0.2, 0.25) is 0 Å². The molecule has 0 amide bonds. The van der Waals surface area contributed by atoms with Gasteiger partial charge in [-0.1, -0.05) is 119 Å². The van der Waals surface area contributed by atoms with Crippen LogP contribution in [0.5, 0.6) is 0 Å². The summed E-state index contributed by atoms with van der Waals surface area (Å²) in [4.78, 5) is 2.30. The lowest BCUT2D eigenvalue weighted by Gasteiger charge is -2.08. The zero-order valence-electron chi connectivity index (χ0n) is 18.3. The van der Waals surface area contributed by atoms with Crippen LogP contribution in [0.15, 0.2) is 0 Å². The van der Waals surface area contributed by atoms with E-state index >= 15 is 0 Å². The quantitative estimate of drug-likeness (QED) is 0.139. The van der Waals surface area contributed by atoms with Gasteiger partial charge in [0.1, 0.15) is 0 Å². The number of nitrogens with zero attached hydrogens (tertiary/aromatic N) is 1. The number of hydrogen-bond acceptors (Lipinski definition) is 1. The van der Waals surface area contributed by atoms with Crippen LogP contribution < -0.4 is 0 Å². The van der Waals surface area contributed by atoms with E-state index in [-0.39, 0.29) is 0 Å². The van der Waals surface area contributed by atoms with Gasteiger partial charge in [-0.05, 0) is 33.5 Å². The summed E-state index contributed by atoms with van der Waals surface area (Å²) in [6.07, 6.45) is 24.4. The van der Waals surface area contributed by atoms with Crippen molar-refractivity contribution in [3.05, 3.63) is 0 Å². The molecule has 0 aromatic heterocycles. The largest absolute Gasteiger partial charge is 0.309 e. The monoisotopic (exact) mass is 453 g/mol. The smallest absolute Gasteiger partial charge is 0.0231 e. The van der Waals surface area contributed by atoms with Crippen LogP contribution in [0, 0.1) is 0 Å². The molecule has 0 unspecified atom stereocenters. The number of halogens is 2. The summed E-state index contributed by atoms with van der Waals surface area (Å²) in [6.45, 7) is 3.56. The second kappa shape index (κ2) is 27.9. The number of rotatable bonds is 19. The Morgan fingerprint density at radius 1 is 0.577 bits per heavy atom. The van der Waals surface area contributed by atoms with Crippen molar-refractivity contribution in [1.29, 1.82) is 0 Å². The molecule has 3 heteroatoms. The molecule has 0 aromatic carbocycles. The van der Waals surface area contributed by atoms with Gasteiger partial charge in [0.05, 0.1) is 0 Å². The van der Waals surface area contributed by atoms with Gasteiger partial charge < -0.3 is 4.90 Å².